The van der Waals surface area contributed by atoms with Gasteiger partial charge in [0.1, 0.15) is 5.69 Å². The average Bonchev–Trinajstić information content (AvgIpc) is 2.64. The molecule has 2 aromatic heterocycles. The van der Waals surface area contributed by atoms with Crippen molar-refractivity contribution in [1.82, 2.24) is 20.1 Å². The molecule has 0 saturated heterocycles. The second-order valence-corrected chi connectivity index (χ2v) is 4.51. The zero-order chi connectivity index (χ0) is 13.8. The number of pyridine rings is 1. The number of rotatable bonds is 5. The number of hydrogen-bond donors (Lipinski definition) is 1. The van der Waals surface area contributed by atoms with E-state index in [9.17, 15) is 0 Å². The van der Waals surface area contributed by atoms with Crippen LogP contribution in [0.15, 0.2) is 18.3 Å². The molecule has 19 heavy (non-hydrogen) atoms. The van der Waals surface area contributed by atoms with E-state index < -0.39 is 0 Å². The van der Waals surface area contributed by atoms with Gasteiger partial charge in [0.15, 0.2) is 5.75 Å². The number of nitrogens with zero attached hydrogens (tertiary/aromatic N) is 3. The highest BCUT2D eigenvalue weighted by atomic mass is 16.5. The summed E-state index contributed by atoms with van der Waals surface area (Å²) in [6, 6.07) is 3.91. The Morgan fingerprint density at radius 1 is 1.32 bits per heavy atom. The minimum absolute atomic E-state index is 0.597. The largest absolute Gasteiger partial charge is 0.435 e. The topological polar surface area (TPSA) is 52.0 Å². The molecule has 5 heteroatoms. The lowest BCUT2D eigenvalue weighted by Crippen LogP contribution is -2.11. The van der Waals surface area contributed by atoms with Crippen molar-refractivity contribution in [2.75, 3.05) is 6.54 Å². The van der Waals surface area contributed by atoms with Gasteiger partial charge in [0.2, 0.25) is 5.88 Å². The normalized spacial score (nSPS) is 10.7. The van der Waals surface area contributed by atoms with Crippen molar-refractivity contribution >= 4 is 0 Å². The van der Waals surface area contributed by atoms with Gasteiger partial charge in [0.05, 0.1) is 5.69 Å². The van der Waals surface area contributed by atoms with Crippen LogP contribution in [0.1, 0.15) is 23.9 Å². The van der Waals surface area contributed by atoms with Gasteiger partial charge in [-0.25, -0.2) is 4.98 Å². The zero-order valence-corrected chi connectivity index (χ0v) is 11.9. The van der Waals surface area contributed by atoms with Crippen molar-refractivity contribution in [1.29, 1.82) is 0 Å². The van der Waals surface area contributed by atoms with Crippen LogP contribution in [0.5, 0.6) is 11.6 Å². The predicted molar refractivity (Wildman–Crippen MR) is 74.4 cm³/mol. The Morgan fingerprint density at radius 3 is 2.63 bits per heavy atom. The van der Waals surface area contributed by atoms with Gasteiger partial charge in [-0.3, -0.25) is 4.68 Å². The minimum Gasteiger partial charge on any atom is -0.435 e. The van der Waals surface area contributed by atoms with E-state index in [-0.39, 0.29) is 0 Å². The van der Waals surface area contributed by atoms with Gasteiger partial charge in [-0.05, 0) is 26.0 Å². The van der Waals surface area contributed by atoms with Gasteiger partial charge in [-0.2, -0.15) is 5.10 Å². The second kappa shape index (κ2) is 5.84. The first-order valence-corrected chi connectivity index (χ1v) is 6.45. The van der Waals surface area contributed by atoms with Crippen molar-refractivity contribution in [2.24, 2.45) is 7.05 Å². The Balaban J connectivity index is 2.11. The monoisotopic (exact) mass is 260 g/mol. The summed E-state index contributed by atoms with van der Waals surface area (Å²) in [4.78, 5) is 4.32. The van der Waals surface area contributed by atoms with Gasteiger partial charge in [-0.1, -0.05) is 13.0 Å². The Bertz CT molecular complexity index is 545. The summed E-state index contributed by atoms with van der Waals surface area (Å²) in [6.45, 7) is 7.77. The van der Waals surface area contributed by atoms with Crippen LogP contribution in [0.4, 0.5) is 0 Å². The summed E-state index contributed by atoms with van der Waals surface area (Å²) in [5.41, 5.74) is 3.02. The lowest BCUT2D eigenvalue weighted by molar-refractivity contribution is 0.454. The Morgan fingerprint density at radius 2 is 2.11 bits per heavy atom. The fourth-order valence-electron chi connectivity index (χ4n) is 1.85. The average molecular weight is 260 g/mol. The first-order chi connectivity index (χ1) is 9.11. The van der Waals surface area contributed by atoms with Crippen LogP contribution in [0.2, 0.25) is 0 Å². The van der Waals surface area contributed by atoms with E-state index in [1.165, 1.54) is 0 Å². The Kier molecular flexibility index (Phi) is 4.16. The summed E-state index contributed by atoms with van der Waals surface area (Å²) in [7, 11) is 1.90. The summed E-state index contributed by atoms with van der Waals surface area (Å²) >= 11 is 0. The molecular formula is C14H20N4O. The third-order valence-electron chi connectivity index (χ3n) is 3.03. The summed E-state index contributed by atoms with van der Waals surface area (Å²) < 4.78 is 7.62. The van der Waals surface area contributed by atoms with E-state index in [2.05, 4.69) is 22.3 Å². The molecule has 0 atom stereocenters. The Labute approximate surface area is 113 Å². The molecule has 0 spiro atoms. The van der Waals surface area contributed by atoms with E-state index in [4.69, 9.17) is 4.74 Å². The predicted octanol–water partition coefficient (Wildman–Crippen LogP) is 2.33. The maximum atomic E-state index is 5.81. The van der Waals surface area contributed by atoms with Crippen molar-refractivity contribution < 1.29 is 4.74 Å². The summed E-state index contributed by atoms with van der Waals surface area (Å²) in [6.07, 6.45) is 1.83. The number of ether oxygens (including phenoxy) is 1. The smallest absolute Gasteiger partial charge is 0.219 e. The van der Waals surface area contributed by atoms with Gasteiger partial charge in [-0.15, -0.1) is 0 Å². The quantitative estimate of drug-likeness (QED) is 0.896. The molecule has 0 amide bonds. The molecule has 0 saturated carbocycles. The van der Waals surface area contributed by atoms with Crippen LogP contribution < -0.4 is 10.1 Å². The lowest BCUT2D eigenvalue weighted by atomic mass is 10.3. The van der Waals surface area contributed by atoms with Gasteiger partial charge >= 0.3 is 0 Å². The molecule has 2 heterocycles. The summed E-state index contributed by atoms with van der Waals surface area (Å²) in [5, 5.41) is 7.58. The van der Waals surface area contributed by atoms with Crippen LogP contribution in [-0.2, 0) is 13.6 Å². The first kappa shape index (κ1) is 13.5. The first-order valence-electron chi connectivity index (χ1n) is 6.45. The fourth-order valence-corrected chi connectivity index (χ4v) is 1.85. The molecule has 2 aromatic rings. The molecular weight excluding hydrogens is 240 g/mol. The zero-order valence-electron chi connectivity index (χ0n) is 11.9. The standard InChI is InChI=1S/C14H20N4O/c1-5-15-8-12-6-7-13(16-9-12)19-14-10(2)17-18(4)11(14)3/h6-7,9,15H,5,8H2,1-4H3. The third-order valence-corrected chi connectivity index (χ3v) is 3.03. The maximum Gasteiger partial charge on any atom is 0.219 e. The molecule has 0 aliphatic heterocycles. The van der Waals surface area contributed by atoms with Crippen LogP contribution in [0.25, 0.3) is 0 Å². The van der Waals surface area contributed by atoms with E-state index >= 15 is 0 Å². The number of nitrogens with one attached hydrogen (secondary N) is 1. The van der Waals surface area contributed by atoms with Gasteiger partial charge in [0, 0.05) is 25.9 Å². The van der Waals surface area contributed by atoms with E-state index in [1.807, 2.05) is 43.9 Å². The number of hydrogen-bond acceptors (Lipinski definition) is 4. The molecule has 0 radical (unpaired) electrons. The molecule has 0 aliphatic rings. The third kappa shape index (κ3) is 3.12. The van der Waals surface area contributed by atoms with Crippen LogP contribution >= 0.6 is 0 Å². The number of aryl methyl sites for hydroxylation is 2. The SMILES string of the molecule is CCNCc1ccc(Oc2c(C)nn(C)c2C)nc1. The van der Waals surface area contributed by atoms with Crippen molar-refractivity contribution in [3.63, 3.8) is 0 Å². The molecule has 102 valence electrons. The molecule has 0 aliphatic carbocycles. The molecule has 0 aromatic carbocycles. The van der Waals surface area contributed by atoms with Gasteiger partial charge < -0.3 is 10.1 Å². The molecule has 5 nitrogen and oxygen atoms in total. The molecule has 1 N–H and O–H groups in total. The van der Waals surface area contributed by atoms with Crippen molar-refractivity contribution in [3.05, 3.63) is 35.3 Å². The maximum absolute atomic E-state index is 5.81. The van der Waals surface area contributed by atoms with E-state index in [0.717, 1.165) is 35.8 Å². The van der Waals surface area contributed by atoms with Crippen LogP contribution in [0, 0.1) is 13.8 Å². The van der Waals surface area contributed by atoms with Crippen molar-refractivity contribution in [3.8, 4) is 11.6 Å². The van der Waals surface area contributed by atoms with Crippen LogP contribution in [0.3, 0.4) is 0 Å². The molecule has 0 fully saturated rings. The second-order valence-electron chi connectivity index (χ2n) is 4.51. The molecule has 2 rings (SSSR count). The Hall–Kier alpha value is -1.88. The molecule has 0 unspecified atom stereocenters. The lowest BCUT2D eigenvalue weighted by Gasteiger charge is -2.06. The highest BCUT2D eigenvalue weighted by Gasteiger charge is 2.12. The summed E-state index contributed by atoms with van der Waals surface area (Å²) in [5.74, 6) is 1.38. The van der Waals surface area contributed by atoms with E-state index in [1.54, 1.807) is 0 Å². The van der Waals surface area contributed by atoms with Crippen molar-refractivity contribution in [2.45, 2.75) is 27.3 Å². The van der Waals surface area contributed by atoms with Gasteiger partial charge in [0.25, 0.3) is 0 Å². The highest BCUT2D eigenvalue weighted by Crippen LogP contribution is 2.26. The van der Waals surface area contributed by atoms with Crippen LogP contribution in [-0.4, -0.2) is 21.3 Å². The highest BCUT2D eigenvalue weighted by molar-refractivity contribution is 5.35. The number of aromatic nitrogens is 3. The minimum atomic E-state index is 0.597. The fraction of sp³-hybridized carbons (Fsp3) is 0.429. The molecule has 0 bridgehead atoms. The van der Waals surface area contributed by atoms with E-state index in [0.29, 0.717) is 5.88 Å².